The molecule has 3 nitrogen and oxygen atoms in total. The first-order chi connectivity index (χ1) is 12.4. The van der Waals surface area contributed by atoms with Crippen LogP contribution < -0.4 is 5.32 Å². The number of benzene rings is 2. The highest BCUT2D eigenvalue weighted by Gasteiger charge is 2.11. The van der Waals surface area contributed by atoms with Crippen molar-refractivity contribution in [3.63, 3.8) is 0 Å². The molecule has 1 N–H and O–H groups in total. The van der Waals surface area contributed by atoms with Gasteiger partial charge in [0.2, 0.25) is 0 Å². The van der Waals surface area contributed by atoms with E-state index in [0.717, 1.165) is 39.4 Å². The fraction of sp³-hybridized carbons (Fsp3) is 0.273. The third-order valence-electron chi connectivity index (χ3n) is 4.31. The lowest BCUT2D eigenvalue weighted by Crippen LogP contribution is -2.25. The van der Waals surface area contributed by atoms with Gasteiger partial charge >= 0.3 is 0 Å². The summed E-state index contributed by atoms with van der Waals surface area (Å²) in [5, 5.41) is 4.07. The van der Waals surface area contributed by atoms with Crippen molar-refractivity contribution in [2.45, 2.75) is 34.1 Å². The van der Waals surface area contributed by atoms with Gasteiger partial charge in [0, 0.05) is 29.0 Å². The number of nitrogens with one attached hydrogen (secondary N) is 1. The number of aryl methyl sites for hydroxylation is 4. The molecule has 1 aromatic heterocycles. The predicted octanol–water partition coefficient (Wildman–Crippen LogP) is 5.02. The number of rotatable bonds is 5. The van der Waals surface area contributed by atoms with E-state index in [9.17, 15) is 4.79 Å². The van der Waals surface area contributed by atoms with Crippen molar-refractivity contribution in [2.24, 2.45) is 0 Å². The largest absolute Gasteiger partial charge is 0.352 e. The molecule has 0 spiro atoms. The van der Waals surface area contributed by atoms with E-state index in [1.165, 1.54) is 10.4 Å². The third-order valence-corrected chi connectivity index (χ3v) is 5.58. The van der Waals surface area contributed by atoms with Crippen LogP contribution >= 0.6 is 11.3 Å². The Kier molecular flexibility index (Phi) is 5.52. The maximum atomic E-state index is 12.4. The van der Waals surface area contributed by atoms with Gasteiger partial charge in [-0.2, -0.15) is 0 Å². The van der Waals surface area contributed by atoms with Crippen LogP contribution in [0.2, 0.25) is 0 Å². The van der Waals surface area contributed by atoms with E-state index in [-0.39, 0.29) is 5.91 Å². The molecule has 26 heavy (non-hydrogen) atoms. The van der Waals surface area contributed by atoms with Gasteiger partial charge in [-0.25, -0.2) is 4.98 Å². The van der Waals surface area contributed by atoms with Crippen LogP contribution in [0.15, 0.2) is 42.5 Å². The number of hydrogen-bond donors (Lipinski definition) is 1. The van der Waals surface area contributed by atoms with E-state index in [0.29, 0.717) is 6.54 Å². The molecule has 1 amide bonds. The first-order valence-corrected chi connectivity index (χ1v) is 9.64. The molecule has 0 bridgehead atoms. The van der Waals surface area contributed by atoms with Crippen molar-refractivity contribution in [1.29, 1.82) is 0 Å². The SMILES string of the molecule is Cc1ccc(-c2nc(C)c(CCNC(=O)c3cc(C)cc(C)c3)s2)cc1. The fourth-order valence-corrected chi connectivity index (χ4v) is 4.04. The number of amides is 1. The van der Waals surface area contributed by atoms with Crippen molar-refractivity contribution < 1.29 is 4.79 Å². The van der Waals surface area contributed by atoms with Crippen molar-refractivity contribution in [3.8, 4) is 10.6 Å². The van der Waals surface area contributed by atoms with Gasteiger partial charge in [-0.1, -0.05) is 47.0 Å². The van der Waals surface area contributed by atoms with Crippen LogP contribution in [-0.2, 0) is 6.42 Å². The summed E-state index contributed by atoms with van der Waals surface area (Å²) in [6.45, 7) is 8.76. The maximum Gasteiger partial charge on any atom is 0.251 e. The van der Waals surface area contributed by atoms with Gasteiger partial charge in [0.1, 0.15) is 5.01 Å². The van der Waals surface area contributed by atoms with Gasteiger partial charge in [-0.05, 0) is 39.8 Å². The molecule has 2 aromatic carbocycles. The van der Waals surface area contributed by atoms with Crippen molar-refractivity contribution in [3.05, 3.63) is 75.3 Å². The van der Waals surface area contributed by atoms with Crippen LogP contribution in [-0.4, -0.2) is 17.4 Å². The molecule has 0 atom stereocenters. The van der Waals surface area contributed by atoms with Crippen LogP contribution in [0.3, 0.4) is 0 Å². The average molecular weight is 365 g/mol. The molecular formula is C22H24N2OS. The van der Waals surface area contributed by atoms with Gasteiger partial charge in [-0.15, -0.1) is 11.3 Å². The molecule has 3 rings (SSSR count). The molecule has 134 valence electrons. The highest BCUT2D eigenvalue weighted by atomic mass is 32.1. The quantitative estimate of drug-likeness (QED) is 0.691. The lowest BCUT2D eigenvalue weighted by atomic mass is 10.1. The Labute approximate surface area is 159 Å². The van der Waals surface area contributed by atoms with Gasteiger partial charge in [0.05, 0.1) is 5.69 Å². The van der Waals surface area contributed by atoms with E-state index in [2.05, 4.69) is 42.6 Å². The Hall–Kier alpha value is -2.46. The molecule has 0 saturated carbocycles. The Bertz CT molecular complexity index is 906. The summed E-state index contributed by atoms with van der Waals surface area (Å²) in [4.78, 5) is 18.3. The second-order valence-electron chi connectivity index (χ2n) is 6.78. The smallest absolute Gasteiger partial charge is 0.251 e. The number of thiazole rings is 1. The summed E-state index contributed by atoms with van der Waals surface area (Å²) >= 11 is 1.71. The minimum absolute atomic E-state index is 0.0160. The zero-order valence-corrected chi connectivity index (χ0v) is 16.5. The van der Waals surface area contributed by atoms with Crippen molar-refractivity contribution >= 4 is 17.2 Å². The van der Waals surface area contributed by atoms with Gasteiger partial charge in [0.15, 0.2) is 0 Å². The van der Waals surface area contributed by atoms with E-state index < -0.39 is 0 Å². The monoisotopic (exact) mass is 364 g/mol. The summed E-state index contributed by atoms with van der Waals surface area (Å²) < 4.78 is 0. The molecule has 0 aliphatic rings. The van der Waals surface area contributed by atoms with Gasteiger partial charge in [-0.3, -0.25) is 4.79 Å². The standard InChI is InChI=1S/C22H24N2OS/c1-14-5-7-18(8-6-14)22-24-17(4)20(26-22)9-10-23-21(25)19-12-15(2)11-16(3)13-19/h5-8,11-13H,9-10H2,1-4H3,(H,23,25). The Balaban J connectivity index is 1.63. The third kappa shape index (κ3) is 4.38. The Morgan fingerprint density at radius 2 is 1.62 bits per heavy atom. The Morgan fingerprint density at radius 3 is 2.27 bits per heavy atom. The van der Waals surface area contributed by atoms with Gasteiger partial charge in [0.25, 0.3) is 5.91 Å². The van der Waals surface area contributed by atoms with Crippen LogP contribution in [0.4, 0.5) is 0 Å². The molecule has 0 aliphatic heterocycles. The second-order valence-corrected chi connectivity index (χ2v) is 7.86. The van der Waals surface area contributed by atoms with Gasteiger partial charge < -0.3 is 5.32 Å². The summed E-state index contributed by atoms with van der Waals surface area (Å²) in [6.07, 6.45) is 0.798. The Morgan fingerprint density at radius 1 is 0.962 bits per heavy atom. The minimum atomic E-state index is -0.0160. The van der Waals surface area contributed by atoms with Crippen LogP contribution in [0, 0.1) is 27.7 Å². The van der Waals surface area contributed by atoms with E-state index in [1.807, 2.05) is 32.9 Å². The summed E-state index contributed by atoms with van der Waals surface area (Å²) in [5.74, 6) is -0.0160. The highest BCUT2D eigenvalue weighted by Crippen LogP contribution is 2.28. The van der Waals surface area contributed by atoms with E-state index in [4.69, 9.17) is 4.98 Å². The molecule has 0 unspecified atom stereocenters. The first kappa shape index (κ1) is 18.3. The number of carbonyl (C=O) groups is 1. The minimum Gasteiger partial charge on any atom is -0.352 e. The first-order valence-electron chi connectivity index (χ1n) is 8.82. The molecule has 3 aromatic rings. The number of carbonyl (C=O) groups excluding carboxylic acids is 1. The van der Waals surface area contributed by atoms with Crippen molar-refractivity contribution in [1.82, 2.24) is 10.3 Å². The summed E-state index contributed by atoms with van der Waals surface area (Å²) in [5.41, 5.74) is 6.38. The van der Waals surface area contributed by atoms with Crippen molar-refractivity contribution in [2.75, 3.05) is 6.54 Å². The van der Waals surface area contributed by atoms with Crippen LogP contribution in [0.25, 0.3) is 10.6 Å². The normalized spacial score (nSPS) is 10.8. The summed E-state index contributed by atoms with van der Waals surface area (Å²) in [6, 6.07) is 14.4. The topological polar surface area (TPSA) is 42.0 Å². The van der Waals surface area contributed by atoms with Crippen LogP contribution in [0.5, 0.6) is 0 Å². The molecule has 0 radical (unpaired) electrons. The molecule has 1 heterocycles. The number of aromatic nitrogens is 1. The molecule has 0 aliphatic carbocycles. The fourth-order valence-electron chi connectivity index (χ4n) is 2.98. The van der Waals surface area contributed by atoms with E-state index >= 15 is 0 Å². The lowest BCUT2D eigenvalue weighted by molar-refractivity contribution is 0.0954. The lowest BCUT2D eigenvalue weighted by Gasteiger charge is -2.06. The molecule has 0 fully saturated rings. The molecule has 0 saturated heterocycles. The number of hydrogen-bond acceptors (Lipinski definition) is 3. The average Bonchev–Trinajstić information content (AvgIpc) is 2.95. The second kappa shape index (κ2) is 7.83. The number of nitrogens with zero attached hydrogens (tertiary/aromatic N) is 1. The zero-order chi connectivity index (χ0) is 18.7. The molecular weight excluding hydrogens is 340 g/mol. The maximum absolute atomic E-state index is 12.4. The van der Waals surface area contributed by atoms with Crippen LogP contribution in [0.1, 0.15) is 37.6 Å². The molecule has 4 heteroatoms. The zero-order valence-electron chi connectivity index (χ0n) is 15.7. The highest BCUT2D eigenvalue weighted by molar-refractivity contribution is 7.15. The summed E-state index contributed by atoms with van der Waals surface area (Å²) in [7, 11) is 0. The van der Waals surface area contributed by atoms with E-state index in [1.54, 1.807) is 11.3 Å². The predicted molar refractivity (Wildman–Crippen MR) is 109 cm³/mol.